The summed E-state index contributed by atoms with van der Waals surface area (Å²) in [5.74, 6) is 6.40. The molecule has 5 heteroatoms. The van der Waals surface area contributed by atoms with Gasteiger partial charge < -0.3 is 9.80 Å². The van der Waals surface area contributed by atoms with E-state index in [1.165, 1.54) is 63.2 Å². The quantitative estimate of drug-likeness (QED) is 0.513. The minimum absolute atomic E-state index is 0.00122. The second-order valence-corrected chi connectivity index (χ2v) is 10.6. The fourth-order valence-electron chi connectivity index (χ4n) is 6.39. The first-order valence-corrected chi connectivity index (χ1v) is 11.8. The number of likely N-dealkylation sites (tertiary alicyclic amines) is 1. The van der Waals surface area contributed by atoms with E-state index in [-0.39, 0.29) is 29.7 Å². The summed E-state index contributed by atoms with van der Waals surface area (Å²) in [6.45, 7) is 12.2. The van der Waals surface area contributed by atoms with E-state index in [9.17, 15) is 9.59 Å². The molecule has 0 aromatic carbocycles. The van der Waals surface area contributed by atoms with Crippen LogP contribution in [0.15, 0.2) is 0 Å². The molecule has 2 aliphatic heterocycles. The van der Waals surface area contributed by atoms with E-state index in [0.717, 1.165) is 25.4 Å². The summed E-state index contributed by atoms with van der Waals surface area (Å²) in [5, 5.41) is 0. The zero-order valence-corrected chi connectivity index (χ0v) is 18.6. The maximum absolute atomic E-state index is 13.0. The molecule has 4 fully saturated rings. The molecule has 0 spiro atoms. The van der Waals surface area contributed by atoms with Gasteiger partial charge in [-0.05, 0) is 49.9 Å². The summed E-state index contributed by atoms with van der Waals surface area (Å²) >= 11 is 0. The van der Waals surface area contributed by atoms with Crippen LogP contribution < -0.4 is 9.80 Å². The van der Waals surface area contributed by atoms with Crippen LogP contribution in [0.1, 0.15) is 65.7 Å². The largest absolute Gasteiger partial charge is 0.323 e. The van der Waals surface area contributed by atoms with Crippen LogP contribution in [0, 0.1) is 28.6 Å². The molecule has 0 aromatic rings. The molecule has 160 valence electrons. The van der Waals surface area contributed by atoms with Gasteiger partial charge in [0.25, 0.3) is 0 Å². The highest BCUT2D eigenvalue weighted by Crippen LogP contribution is 2.59. The standard InChI is InChI=1S/C24H37N3O2/c1-23(2)20-11-12-24(23,3)22(29)27(21(20)28)14-8-7-13-25-15-17-26(18-16-25)19-9-5-4-6-10-19/h19-20H,4-6,9-18H2,1-3H3/p+2/t20-,24+/m1/s1. The van der Waals surface area contributed by atoms with Gasteiger partial charge in [-0.2, -0.15) is 0 Å². The molecule has 29 heavy (non-hydrogen) atoms. The zero-order valence-electron chi connectivity index (χ0n) is 18.6. The Balaban J connectivity index is 1.27. The van der Waals surface area contributed by atoms with Crippen molar-refractivity contribution in [1.29, 1.82) is 0 Å². The van der Waals surface area contributed by atoms with Crippen LogP contribution >= 0.6 is 0 Å². The smallest absolute Gasteiger partial charge is 0.236 e. The number of imide groups is 1. The molecule has 2 bridgehead atoms. The van der Waals surface area contributed by atoms with Crippen LogP contribution in [-0.2, 0) is 9.59 Å². The summed E-state index contributed by atoms with van der Waals surface area (Å²) in [5.41, 5.74) is -0.660. The van der Waals surface area contributed by atoms with Crippen molar-refractivity contribution in [2.45, 2.75) is 71.8 Å². The predicted octanol–water partition coefficient (Wildman–Crippen LogP) is -0.0828. The van der Waals surface area contributed by atoms with Crippen molar-refractivity contribution in [3.05, 3.63) is 0 Å². The van der Waals surface area contributed by atoms with Crippen LogP contribution in [0.2, 0.25) is 0 Å². The molecular weight excluding hydrogens is 362 g/mol. The first-order valence-electron chi connectivity index (χ1n) is 11.8. The number of rotatable bonds is 3. The molecule has 0 unspecified atom stereocenters. The van der Waals surface area contributed by atoms with Gasteiger partial charge in [0.1, 0.15) is 32.7 Å². The first-order chi connectivity index (χ1) is 13.8. The number of hydrogen-bond donors (Lipinski definition) is 2. The van der Waals surface area contributed by atoms with Crippen LogP contribution in [0.3, 0.4) is 0 Å². The number of hydrogen-bond acceptors (Lipinski definition) is 2. The third kappa shape index (κ3) is 3.64. The number of piperazine rings is 1. The van der Waals surface area contributed by atoms with E-state index in [0.29, 0.717) is 0 Å². The number of amides is 2. The number of nitrogens with zero attached hydrogens (tertiary/aromatic N) is 1. The van der Waals surface area contributed by atoms with Gasteiger partial charge in [0.05, 0.1) is 18.0 Å². The summed E-state index contributed by atoms with van der Waals surface area (Å²) < 4.78 is 0. The predicted molar refractivity (Wildman–Crippen MR) is 112 cm³/mol. The molecule has 2 amide bonds. The topological polar surface area (TPSA) is 46.3 Å². The molecule has 2 aliphatic carbocycles. The number of fused-ring (bicyclic) bond motifs is 2. The average molecular weight is 402 g/mol. The Morgan fingerprint density at radius 2 is 1.66 bits per heavy atom. The number of carbonyl (C=O) groups is 2. The summed E-state index contributed by atoms with van der Waals surface area (Å²) in [6.07, 6.45) is 8.74. The van der Waals surface area contributed by atoms with E-state index in [2.05, 4.69) is 25.7 Å². The maximum atomic E-state index is 13.0. The van der Waals surface area contributed by atoms with Crippen molar-refractivity contribution in [3.63, 3.8) is 0 Å². The van der Waals surface area contributed by atoms with Gasteiger partial charge >= 0.3 is 0 Å². The lowest BCUT2D eigenvalue weighted by atomic mass is 9.62. The van der Waals surface area contributed by atoms with Gasteiger partial charge in [-0.1, -0.05) is 33.1 Å². The van der Waals surface area contributed by atoms with Crippen molar-refractivity contribution in [1.82, 2.24) is 4.90 Å². The molecule has 2 atom stereocenters. The van der Waals surface area contributed by atoms with Crippen LogP contribution in [0.4, 0.5) is 0 Å². The van der Waals surface area contributed by atoms with Crippen molar-refractivity contribution >= 4 is 11.8 Å². The van der Waals surface area contributed by atoms with Gasteiger partial charge in [-0.15, -0.1) is 0 Å². The Morgan fingerprint density at radius 1 is 0.966 bits per heavy atom. The van der Waals surface area contributed by atoms with E-state index in [1.807, 2.05) is 11.8 Å². The highest BCUT2D eigenvalue weighted by Gasteiger charge is 2.64. The highest BCUT2D eigenvalue weighted by atomic mass is 16.2. The Hall–Kier alpha value is -1.38. The first kappa shape index (κ1) is 20.9. The SMILES string of the molecule is CC1(C)[C@@H]2CC[C@@]1(C)C(=O)N(CC#CC[NH+]1CC[NH+](C3CCCCC3)CC1)C2=O. The summed E-state index contributed by atoms with van der Waals surface area (Å²) in [6, 6.07) is 0.897. The molecule has 4 rings (SSSR count). The number of carbonyl (C=O) groups excluding carboxylic acids is 2. The molecule has 5 nitrogen and oxygen atoms in total. The van der Waals surface area contributed by atoms with Crippen LogP contribution in [0.25, 0.3) is 0 Å². The van der Waals surface area contributed by atoms with Gasteiger partial charge in [-0.3, -0.25) is 14.5 Å². The Morgan fingerprint density at radius 3 is 2.34 bits per heavy atom. The highest BCUT2D eigenvalue weighted by molar-refractivity contribution is 6.04. The van der Waals surface area contributed by atoms with Crippen LogP contribution in [-0.4, -0.2) is 62.0 Å². The fraction of sp³-hybridized carbons (Fsp3) is 0.833. The Kier molecular flexibility index (Phi) is 5.79. The molecule has 4 aliphatic rings. The second-order valence-electron chi connectivity index (χ2n) is 10.6. The minimum atomic E-state index is -0.420. The molecule has 0 radical (unpaired) electrons. The van der Waals surface area contributed by atoms with Gasteiger partial charge in [0.2, 0.25) is 11.8 Å². The Bertz CT molecular complexity index is 707. The van der Waals surface area contributed by atoms with Crippen molar-refractivity contribution in [2.75, 3.05) is 39.3 Å². The lowest BCUT2D eigenvalue weighted by Gasteiger charge is -2.47. The lowest BCUT2D eigenvalue weighted by molar-refractivity contribution is -1.02. The summed E-state index contributed by atoms with van der Waals surface area (Å²) in [7, 11) is 0. The fourth-order valence-corrected chi connectivity index (χ4v) is 6.39. The molecule has 2 saturated heterocycles. The van der Waals surface area contributed by atoms with Gasteiger partial charge in [-0.25, -0.2) is 0 Å². The molecular formula is C24H39N3O2+2. The van der Waals surface area contributed by atoms with E-state index >= 15 is 0 Å². The average Bonchev–Trinajstić information content (AvgIpc) is 2.92. The van der Waals surface area contributed by atoms with E-state index in [1.54, 1.807) is 4.90 Å². The van der Waals surface area contributed by atoms with Crippen molar-refractivity contribution in [2.24, 2.45) is 16.7 Å². The van der Waals surface area contributed by atoms with Crippen LogP contribution in [0.5, 0.6) is 0 Å². The molecule has 2 heterocycles. The Labute approximate surface area is 176 Å². The maximum Gasteiger partial charge on any atom is 0.236 e. The second kappa shape index (κ2) is 8.04. The van der Waals surface area contributed by atoms with Crippen molar-refractivity contribution < 1.29 is 19.4 Å². The minimum Gasteiger partial charge on any atom is -0.323 e. The van der Waals surface area contributed by atoms with E-state index < -0.39 is 5.41 Å². The van der Waals surface area contributed by atoms with Gasteiger partial charge in [0, 0.05) is 5.92 Å². The number of nitrogens with one attached hydrogen (secondary N) is 2. The van der Waals surface area contributed by atoms with Crippen molar-refractivity contribution in [3.8, 4) is 11.8 Å². The lowest BCUT2D eigenvalue weighted by Crippen LogP contribution is -3.29. The molecule has 2 saturated carbocycles. The zero-order chi connectivity index (χ0) is 20.6. The third-order valence-corrected chi connectivity index (χ3v) is 8.99. The third-order valence-electron chi connectivity index (χ3n) is 8.99. The van der Waals surface area contributed by atoms with E-state index in [4.69, 9.17) is 0 Å². The van der Waals surface area contributed by atoms with Gasteiger partial charge in [0.15, 0.2) is 0 Å². The molecule has 0 aromatic heterocycles. The molecule has 2 N–H and O–H groups in total. The monoisotopic (exact) mass is 401 g/mol. The normalized spacial score (nSPS) is 37.3. The number of piperidine rings is 1. The number of quaternary nitrogens is 2. The summed E-state index contributed by atoms with van der Waals surface area (Å²) in [4.78, 5) is 30.7.